The SMILES string of the molecule is Cc1ccc(C)c(-c2csc(NC(=O)C=Cc3ccccc3)n2)c1. The topological polar surface area (TPSA) is 42.0 Å². The molecular weight excluding hydrogens is 316 g/mol. The first-order valence-corrected chi connectivity index (χ1v) is 8.57. The van der Waals surface area contributed by atoms with Gasteiger partial charge in [0.05, 0.1) is 5.69 Å². The molecule has 4 heteroatoms. The summed E-state index contributed by atoms with van der Waals surface area (Å²) in [5.41, 5.74) is 5.35. The number of anilines is 1. The number of benzene rings is 2. The van der Waals surface area contributed by atoms with Gasteiger partial charge in [-0.1, -0.05) is 48.0 Å². The molecule has 0 unspecified atom stereocenters. The highest BCUT2D eigenvalue weighted by Crippen LogP contribution is 2.28. The summed E-state index contributed by atoms with van der Waals surface area (Å²) in [6.45, 7) is 4.13. The molecule has 0 aliphatic carbocycles. The van der Waals surface area contributed by atoms with Crippen LogP contribution in [-0.4, -0.2) is 10.9 Å². The predicted molar refractivity (Wildman–Crippen MR) is 101 cm³/mol. The summed E-state index contributed by atoms with van der Waals surface area (Å²) in [7, 11) is 0. The van der Waals surface area contributed by atoms with Crippen molar-refractivity contribution in [2.24, 2.45) is 0 Å². The molecule has 0 bridgehead atoms. The first kappa shape index (κ1) is 16.1. The van der Waals surface area contributed by atoms with Gasteiger partial charge in [-0.25, -0.2) is 4.98 Å². The molecule has 0 spiro atoms. The number of thiazole rings is 1. The van der Waals surface area contributed by atoms with Gasteiger partial charge >= 0.3 is 0 Å². The normalized spacial score (nSPS) is 10.9. The van der Waals surface area contributed by atoms with E-state index in [9.17, 15) is 4.79 Å². The number of hydrogen-bond donors (Lipinski definition) is 1. The Balaban J connectivity index is 1.71. The second-order valence-corrected chi connectivity index (χ2v) is 6.45. The number of carbonyl (C=O) groups excluding carboxylic acids is 1. The van der Waals surface area contributed by atoms with Crippen LogP contribution in [0.25, 0.3) is 17.3 Å². The fraction of sp³-hybridized carbons (Fsp3) is 0.100. The fourth-order valence-corrected chi connectivity index (χ4v) is 3.06. The lowest BCUT2D eigenvalue weighted by Crippen LogP contribution is -2.07. The van der Waals surface area contributed by atoms with Crippen LogP contribution in [0.15, 0.2) is 60.0 Å². The Morgan fingerprint density at radius 2 is 1.92 bits per heavy atom. The molecule has 2 aromatic carbocycles. The van der Waals surface area contributed by atoms with E-state index in [2.05, 4.69) is 42.3 Å². The maximum atomic E-state index is 12.0. The van der Waals surface area contributed by atoms with Gasteiger partial charge in [-0.3, -0.25) is 10.1 Å². The number of amides is 1. The number of aryl methyl sites for hydroxylation is 2. The van der Waals surface area contributed by atoms with E-state index < -0.39 is 0 Å². The smallest absolute Gasteiger partial charge is 0.250 e. The van der Waals surface area contributed by atoms with Crippen molar-refractivity contribution in [1.82, 2.24) is 4.98 Å². The molecule has 1 amide bonds. The number of aromatic nitrogens is 1. The van der Waals surface area contributed by atoms with Crippen molar-refractivity contribution < 1.29 is 4.79 Å². The largest absolute Gasteiger partial charge is 0.298 e. The zero-order valence-corrected chi connectivity index (χ0v) is 14.4. The minimum Gasteiger partial charge on any atom is -0.298 e. The molecule has 3 nitrogen and oxygen atoms in total. The summed E-state index contributed by atoms with van der Waals surface area (Å²) in [5, 5.41) is 5.39. The van der Waals surface area contributed by atoms with E-state index in [4.69, 9.17) is 0 Å². The molecule has 1 aromatic heterocycles. The van der Waals surface area contributed by atoms with Crippen LogP contribution in [0.3, 0.4) is 0 Å². The van der Waals surface area contributed by atoms with Crippen LogP contribution in [-0.2, 0) is 4.79 Å². The molecule has 0 aliphatic rings. The van der Waals surface area contributed by atoms with E-state index in [-0.39, 0.29) is 5.91 Å². The van der Waals surface area contributed by atoms with Gasteiger partial charge in [0, 0.05) is 17.0 Å². The van der Waals surface area contributed by atoms with Crippen molar-refractivity contribution in [2.75, 3.05) is 5.32 Å². The zero-order chi connectivity index (χ0) is 16.9. The number of hydrogen-bond acceptors (Lipinski definition) is 3. The lowest BCUT2D eigenvalue weighted by molar-refractivity contribution is -0.111. The lowest BCUT2D eigenvalue weighted by atomic mass is 10.0. The summed E-state index contributed by atoms with van der Waals surface area (Å²) < 4.78 is 0. The molecule has 120 valence electrons. The molecule has 0 fully saturated rings. The van der Waals surface area contributed by atoms with Crippen LogP contribution >= 0.6 is 11.3 Å². The quantitative estimate of drug-likeness (QED) is 0.676. The molecule has 0 atom stereocenters. The average Bonchev–Trinajstić information content (AvgIpc) is 3.04. The molecule has 0 saturated heterocycles. The third-order valence-electron chi connectivity index (χ3n) is 3.63. The van der Waals surface area contributed by atoms with Crippen molar-refractivity contribution in [3.8, 4) is 11.3 Å². The number of nitrogens with zero attached hydrogens (tertiary/aromatic N) is 1. The molecule has 0 radical (unpaired) electrons. The Labute approximate surface area is 145 Å². The van der Waals surface area contributed by atoms with Gasteiger partial charge in [-0.2, -0.15) is 0 Å². The van der Waals surface area contributed by atoms with E-state index in [0.29, 0.717) is 5.13 Å². The Morgan fingerprint density at radius 3 is 2.71 bits per heavy atom. The van der Waals surface area contributed by atoms with Gasteiger partial charge in [-0.05, 0) is 37.1 Å². The molecule has 24 heavy (non-hydrogen) atoms. The maximum absolute atomic E-state index is 12.0. The van der Waals surface area contributed by atoms with E-state index in [1.165, 1.54) is 28.5 Å². The lowest BCUT2D eigenvalue weighted by Gasteiger charge is -2.03. The molecule has 0 saturated carbocycles. The van der Waals surface area contributed by atoms with Gasteiger partial charge in [0.15, 0.2) is 5.13 Å². The molecule has 0 aliphatic heterocycles. The van der Waals surface area contributed by atoms with Crippen molar-refractivity contribution >= 4 is 28.5 Å². The second kappa shape index (κ2) is 7.23. The van der Waals surface area contributed by atoms with Crippen LogP contribution < -0.4 is 5.32 Å². The number of carbonyl (C=O) groups is 1. The fourth-order valence-electron chi connectivity index (χ4n) is 2.35. The molecule has 1 N–H and O–H groups in total. The van der Waals surface area contributed by atoms with Crippen molar-refractivity contribution in [3.63, 3.8) is 0 Å². The van der Waals surface area contributed by atoms with Gasteiger partial charge in [0.1, 0.15) is 0 Å². The van der Waals surface area contributed by atoms with Crippen molar-refractivity contribution in [1.29, 1.82) is 0 Å². The summed E-state index contributed by atoms with van der Waals surface area (Å²) in [4.78, 5) is 16.6. The summed E-state index contributed by atoms with van der Waals surface area (Å²) in [5.74, 6) is -0.180. The monoisotopic (exact) mass is 334 g/mol. The molecular formula is C20H18N2OS. The minimum absolute atomic E-state index is 0.180. The maximum Gasteiger partial charge on any atom is 0.250 e. The van der Waals surface area contributed by atoms with E-state index in [1.807, 2.05) is 35.7 Å². The highest BCUT2D eigenvalue weighted by atomic mass is 32.1. The highest BCUT2D eigenvalue weighted by molar-refractivity contribution is 7.14. The first-order chi connectivity index (χ1) is 11.6. The Bertz CT molecular complexity index is 882. The van der Waals surface area contributed by atoms with E-state index in [0.717, 1.165) is 16.8 Å². The van der Waals surface area contributed by atoms with Crippen LogP contribution in [0, 0.1) is 13.8 Å². The molecule has 3 aromatic rings. The Kier molecular flexibility index (Phi) is 4.87. The summed E-state index contributed by atoms with van der Waals surface area (Å²) in [6, 6.07) is 16.0. The van der Waals surface area contributed by atoms with Crippen molar-refractivity contribution in [2.45, 2.75) is 13.8 Å². The van der Waals surface area contributed by atoms with E-state index in [1.54, 1.807) is 6.08 Å². The van der Waals surface area contributed by atoms with Crippen LogP contribution in [0.5, 0.6) is 0 Å². The minimum atomic E-state index is -0.180. The zero-order valence-electron chi connectivity index (χ0n) is 13.6. The van der Waals surface area contributed by atoms with Crippen molar-refractivity contribution in [3.05, 3.63) is 76.7 Å². The Morgan fingerprint density at radius 1 is 1.12 bits per heavy atom. The Hall–Kier alpha value is -2.72. The van der Waals surface area contributed by atoms with Crippen LogP contribution in [0.1, 0.15) is 16.7 Å². The number of rotatable bonds is 4. The standard InChI is InChI=1S/C20H18N2OS/c1-14-8-9-15(2)17(12-14)18-13-24-20(21-18)22-19(23)11-10-16-6-4-3-5-7-16/h3-13H,1-2H3,(H,21,22,23). The van der Waals surface area contributed by atoms with Crippen LogP contribution in [0.4, 0.5) is 5.13 Å². The van der Waals surface area contributed by atoms with Gasteiger partial charge in [0.25, 0.3) is 0 Å². The summed E-state index contributed by atoms with van der Waals surface area (Å²) in [6.07, 6.45) is 3.31. The van der Waals surface area contributed by atoms with Gasteiger partial charge < -0.3 is 0 Å². The predicted octanol–water partition coefficient (Wildman–Crippen LogP) is 5.08. The van der Waals surface area contributed by atoms with Gasteiger partial charge in [0.2, 0.25) is 5.91 Å². The van der Waals surface area contributed by atoms with E-state index >= 15 is 0 Å². The summed E-state index contributed by atoms with van der Waals surface area (Å²) >= 11 is 1.43. The third-order valence-corrected chi connectivity index (χ3v) is 4.39. The molecule has 3 rings (SSSR count). The number of nitrogens with one attached hydrogen (secondary N) is 1. The first-order valence-electron chi connectivity index (χ1n) is 7.69. The second-order valence-electron chi connectivity index (χ2n) is 5.59. The van der Waals surface area contributed by atoms with Crippen LogP contribution in [0.2, 0.25) is 0 Å². The van der Waals surface area contributed by atoms with Gasteiger partial charge in [-0.15, -0.1) is 11.3 Å². The average molecular weight is 334 g/mol. The molecule has 1 heterocycles. The third kappa shape index (κ3) is 3.97. The highest BCUT2D eigenvalue weighted by Gasteiger charge is 2.08.